The molecule has 0 unspecified atom stereocenters. The third-order valence-corrected chi connectivity index (χ3v) is 10.2. The molecule has 222 valence electrons. The summed E-state index contributed by atoms with van der Waals surface area (Å²) in [6.45, 7) is 0. The van der Waals surface area contributed by atoms with Gasteiger partial charge in [-0.05, 0) is 55.7 Å². The summed E-state index contributed by atoms with van der Waals surface area (Å²) < 4.78 is 28.4. The van der Waals surface area contributed by atoms with Crippen LogP contribution in [0.5, 0.6) is 0 Å². The number of nitrogens with one attached hydrogen (secondary N) is 3. The lowest BCUT2D eigenvalue weighted by Crippen LogP contribution is -2.77. The van der Waals surface area contributed by atoms with E-state index in [1.54, 1.807) is 66.7 Å². The summed E-state index contributed by atoms with van der Waals surface area (Å²) in [4.78, 5) is 33.1. The lowest BCUT2D eigenvalue weighted by molar-refractivity contribution is -0.173. The van der Waals surface area contributed by atoms with Crippen LogP contribution in [-0.2, 0) is 14.8 Å². The Hall–Kier alpha value is -4.94. The van der Waals surface area contributed by atoms with Crippen LogP contribution < -0.4 is 16.0 Å². The van der Waals surface area contributed by atoms with Gasteiger partial charge in [-0.3, -0.25) is 4.79 Å². The van der Waals surface area contributed by atoms with Crippen LogP contribution in [0.4, 0.5) is 22.1 Å². The van der Waals surface area contributed by atoms with Crippen molar-refractivity contribution in [3.63, 3.8) is 0 Å². The fourth-order valence-electron chi connectivity index (χ4n) is 6.32. The molecule has 0 spiro atoms. The van der Waals surface area contributed by atoms with Crippen LogP contribution in [0, 0.1) is 5.41 Å². The molecule has 2 heterocycles. The van der Waals surface area contributed by atoms with Gasteiger partial charge in [-0.2, -0.15) is 0 Å². The van der Waals surface area contributed by atoms with Gasteiger partial charge >= 0.3 is 6.09 Å². The van der Waals surface area contributed by atoms with Gasteiger partial charge in [0, 0.05) is 34.1 Å². The molecule has 3 fully saturated rings. The van der Waals surface area contributed by atoms with Gasteiger partial charge in [0.2, 0.25) is 11.9 Å². The van der Waals surface area contributed by atoms with E-state index in [2.05, 4.69) is 25.9 Å². The number of aromatic nitrogens is 3. The second-order valence-corrected chi connectivity index (χ2v) is 13.5. The van der Waals surface area contributed by atoms with Crippen LogP contribution in [0.1, 0.15) is 19.3 Å². The highest BCUT2D eigenvalue weighted by Gasteiger charge is 2.72. The summed E-state index contributed by atoms with van der Waals surface area (Å²) >= 11 is 6.56. The standard InChI is InChI=1S/C31H25ClN6O5S/c32-24-14-33-28(35-20-8-6-7-19(13-20)34-27(39)30-16-31(17-30,18-30)37-29(40)41)36-26(24)23-15-38(25-12-5-4-11-22(23)25)44(42,43)21-9-2-1-3-10-21/h1-15,37H,16-18H2,(H,34,39)(H,40,41)(H,33,35,36). The first kappa shape index (κ1) is 27.9. The van der Waals surface area contributed by atoms with Crippen molar-refractivity contribution in [2.24, 2.45) is 5.41 Å². The number of carboxylic acid groups (broad SMARTS) is 1. The van der Waals surface area contributed by atoms with Crippen molar-refractivity contribution in [3.8, 4) is 11.3 Å². The number of benzene rings is 3. The zero-order valence-electron chi connectivity index (χ0n) is 23.0. The molecule has 5 aromatic rings. The number of amides is 2. The van der Waals surface area contributed by atoms with Gasteiger partial charge in [0.05, 0.1) is 32.7 Å². The topological polar surface area (TPSA) is 155 Å². The first-order valence-electron chi connectivity index (χ1n) is 13.7. The minimum absolute atomic E-state index is 0.143. The van der Waals surface area contributed by atoms with E-state index in [9.17, 15) is 18.0 Å². The van der Waals surface area contributed by atoms with E-state index in [0.717, 1.165) is 0 Å². The quantitative estimate of drug-likeness (QED) is 0.166. The molecule has 3 aromatic carbocycles. The molecule has 2 aromatic heterocycles. The van der Waals surface area contributed by atoms with Crippen molar-refractivity contribution >= 4 is 61.9 Å². The number of anilines is 3. The Morgan fingerprint density at radius 2 is 1.64 bits per heavy atom. The minimum atomic E-state index is -3.90. The first-order valence-corrected chi connectivity index (χ1v) is 15.5. The lowest BCUT2D eigenvalue weighted by Gasteiger charge is -2.68. The fourth-order valence-corrected chi connectivity index (χ4v) is 7.90. The molecule has 3 aliphatic carbocycles. The number of fused-ring (bicyclic) bond motifs is 1. The number of hydrogen-bond acceptors (Lipinski definition) is 7. The van der Waals surface area contributed by atoms with Gasteiger partial charge in [0.1, 0.15) is 0 Å². The van der Waals surface area contributed by atoms with E-state index in [-0.39, 0.29) is 21.8 Å². The molecular weight excluding hydrogens is 604 g/mol. The van der Waals surface area contributed by atoms with Crippen molar-refractivity contribution in [1.82, 2.24) is 19.3 Å². The summed E-state index contributed by atoms with van der Waals surface area (Å²) in [7, 11) is -3.90. The second-order valence-electron chi connectivity index (χ2n) is 11.2. The molecule has 13 heteroatoms. The van der Waals surface area contributed by atoms with Crippen LogP contribution in [0.2, 0.25) is 5.02 Å². The Bertz CT molecular complexity index is 2060. The van der Waals surface area contributed by atoms with E-state index in [1.165, 1.54) is 16.4 Å². The monoisotopic (exact) mass is 628 g/mol. The van der Waals surface area contributed by atoms with Gasteiger partial charge in [-0.1, -0.05) is 54.1 Å². The minimum Gasteiger partial charge on any atom is -0.465 e. The van der Waals surface area contributed by atoms with Crippen molar-refractivity contribution in [2.45, 2.75) is 29.7 Å². The van der Waals surface area contributed by atoms with Gasteiger partial charge in [-0.15, -0.1) is 0 Å². The zero-order valence-corrected chi connectivity index (χ0v) is 24.6. The van der Waals surface area contributed by atoms with Gasteiger partial charge in [-0.25, -0.2) is 27.2 Å². The Kier molecular flexibility index (Phi) is 6.38. The predicted molar refractivity (Wildman–Crippen MR) is 166 cm³/mol. The van der Waals surface area contributed by atoms with E-state index in [1.807, 2.05) is 12.1 Å². The average Bonchev–Trinajstić information content (AvgIpc) is 3.36. The highest BCUT2D eigenvalue weighted by atomic mass is 35.5. The Labute approximate surface area is 257 Å². The fraction of sp³-hybridized carbons (Fsp3) is 0.161. The summed E-state index contributed by atoms with van der Waals surface area (Å²) in [6, 6.07) is 22.4. The molecule has 2 amide bonds. The Morgan fingerprint density at radius 3 is 2.39 bits per heavy atom. The number of carbonyl (C=O) groups is 2. The predicted octanol–water partition coefficient (Wildman–Crippen LogP) is 5.86. The van der Waals surface area contributed by atoms with E-state index >= 15 is 0 Å². The number of halogens is 1. The van der Waals surface area contributed by atoms with Crippen LogP contribution >= 0.6 is 11.6 Å². The third kappa shape index (κ3) is 4.63. The van der Waals surface area contributed by atoms with E-state index in [4.69, 9.17) is 16.7 Å². The van der Waals surface area contributed by atoms with Crippen LogP contribution in [0.25, 0.3) is 22.2 Å². The molecule has 4 N–H and O–H groups in total. The molecule has 3 aliphatic rings. The summed E-state index contributed by atoms with van der Waals surface area (Å²) in [5, 5.41) is 18.5. The molecule has 0 atom stereocenters. The average molecular weight is 629 g/mol. The highest BCUT2D eigenvalue weighted by Crippen LogP contribution is 2.67. The molecule has 44 heavy (non-hydrogen) atoms. The molecule has 0 saturated heterocycles. The van der Waals surface area contributed by atoms with Crippen molar-refractivity contribution in [3.05, 3.63) is 96.3 Å². The number of para-hydroxylation sites is 1. The first-order chi connectivity index (χ1) is 21.1. The van der Waals surface area contributed by atoms with Crippen molar-refractivity contribution in [1.29, 1.82) is 0 Å². The molecule has 8 rings (SSSR count). The summed E-state index contributed by atoms with van der Waals surface area (Å²) in [6.07, 6.45) is 3.34. The largest absolute Gasteiger partial charge is 0.465 e. The van der Waals surface area contributed by atoms with Gasteiger partial charge in [0.25, 0.3) is 10.0 Å². The van der Waals surface area contributed by atoms with Gasteiger partial charge in [0.15, 0.2) is 0 Å². The molecular formula is C31H25ClN6O5S. The maximum Gasteiger partial charge on any atom is 0.405 e. The SMILES string of the molecule is O=C(O)NC12CC(C(=O)Nc3cccc(Nc4ncc(Cl)c(-c5cn(S(=O)(=O)c6ccccc6)c6ccccc56)n4)c3)(C1)C2. The van der Waals surface area contributed by atoms with E-state index < -0.39 is 27.1 Å². The molecule has 11 nitrogen and oxygen atoms in total. The van der Waals surface area contributed by atoms with Crippen LogP contribution in [0.3, 0.4) is 0 Å². The second kappa shape index (κ2) is 10.1. The lowest BCUT2D eigenvalue weighted by atomic mass is 9.39. The Morgan fingerprint density at radius 1 is 0.932 bits per heavy atom. The number of carbonyl (C=O) groups excluding carboxylic acids is 1. The summed E-state index contributed by atoms with van der Waals surface area (Å²) in [5.41, 5.74) is 1.48. The molecule has 0 aliphatic heterocycles. The number of nitrogens with zero attached hydrogens (tertiary/aromatic N) is 3. The number of rotatable bonds is 8. The third-order valence-electron chi connectivity index (χ3n) is 8.24. The molecule has 2 bridgehead atoms. The maximum absolute atomic E-state index is 13.6. The normalized spacial score (nSPS) is 20.3. The smallest absolute Gasteiger partial charge is 0.405 e. The van der Waals surface area contributed by atoms with Crippen LogP contribution in [-0.4, -0.2) is 45.0 Å². The Balaban J connectivity index is 1.15. The highest BCUT2D eigenvalue weighted by molar-refractivity contribution is 7.90. The van der Waals surface area contributed by atoms with Gasteiger partial charge < -0.3 is 21.1 Å². The van der Waals surface area contributed by atoms with Crippen LogP contribution in [0.15, 0.2) is 96.2 Å². The number of hydrogen-bond donors (Lipinski definition) is 4. The molecule has 3 saturated carbocycles. The molecule has 0 radical (unpaired) electrons. The van der Waals surface area contributed by atoms with E-state index in [0.29, 0.717) is 52.8 Å². The summed E-state index contributed by atoms with van der Waals surface area (Å²) in [5.74, 6) is 0.0762. The zero-order chi connectivity index (χ0) is 30.7. The maximum atomic E-state index is 13.6. The van der Waals surface area contributed by atoms with Crippen molar-refractivity contribution in [2.75, 3.05) is 10.6 Å². The van der Waals surface area contributed by atoms with Crippen molar-refractivity contribution < 1.29 is 23.1 Å².